The van der Waals surface area contributed by atoms with E-state index in [9.17, 15) is 9.59 Å². The third-order valence-electron chi connectivity index (χ3n) is 2.49. The first-order valence-electron chi connectivity index (χ1n) is 6.22. The van der Waals surface area contributed by atoms with Crippen LogP contribution in [-0.4, -0.2) is 23.3 Å². The molecule has 0 aliphatic carbocycles. The molecule has 1 aromatic carbocycles. The van der Waals surface area contributed by atoms with Crippen LogP contribution >= 0.6 is 27.3 Å². The second kappa shape index (κ2) is 6.82. The van der Waals surface area contributed by atoms with Crippen molar-refractivity contribution in [3.63, 3.8) is 0 Å². The first-order valence-corrected chi connectivity index (χ1v) is 7.83. The number of nitrogens with zero attached hydrogens (tertiary/aromatic N) is 1. The molecule has 0 radical (unpaired) electrons. The lowest BCUT2D eigenvalue weighted by Crippen LogP contribution is -2.09. The molecule has 0 saturated carbocycles. The molecular formula is C14H13BrN2O3S. The second-order valence-corrected chi connectivity index (χ2v) is 6.02. The van der Waals surface area contributed by atoms with E-state index in [2.05, 4.69) is 26.2 Å². The van der Waals surface area contributed by atoms with Crippen LogP contribution in [0, 0.1) is 0 Å². The van der Waals surface area contributed by atoms with E-state index >= 15 is 0 Å². The van der Waals surface area contributed by atoms with Crippen molar-refractivity contribution in [2.45, 2.75) is 13.8 Å². The molecule has 1 aromatic heterocycles. The standard InChI is InChI=1S/C14H13BrN2O3S/c1-3-20-13(19)11-12(8(2)18)21-14(17-11)16-10-6-4-5-9(15)7-10/h4-7H,3H2,1-2H3,(H,16,17). The number of hydrogen-bond donors (Lipinski definition) is 1. The summed E-state index contributed by atoms with van der Waals surface area (Å²) in [6, 6.07) is 7.51. The zero-order valence-corrected chi connectivity index (χ0v) is 13.9. The maximum atomic E-state index is 11.8. The number of benzene rings is 1. The topological polar surface area (TPSA) is 68.3 Å². The van der Waals surface area contributed by atoms with E-state index in [0.29, 0.717) is 10.0 Å². The molecule has 1 N–H and O–H groups in total. The molecule has 1 heterocycles. The summed E-state index contributed by atoms with van der Waals surface area (Å²) in [5, 5.41) is 3.55. The van der Waals surface area contributed by atoms with Crippen LogP contribution in [0.1, 0.15) is 34.0 Å². The molecule has 7 heteroatoms. The van der Waals surface area contributed by atoms with Gasteiger partial charge >= 0.3 is 5.97 Å². The predicted octanol–water partition coefficient (Wildman–Crippen LogP) is 4.03. The number of nitrogens with one attached hydrogen (secondary N) is 1. The molecule has 5 nitrogen and oxygen atoms in total. The van der Waals surface area contributed by atoms with E-state index in [0.717, 1.165) is 21.5 Å². The van der Waals surface area contributed by atoms with Gasteiger partial charge < -0.3 is 10.1 Å². The third-order valence-corrected chi connectivity index (χ3v) is 4.06. The van der Waals surface area contributed by atoms with Gasteiger partial charge in [-0.25, -0.2) is 9.78 Å². The first kappa shape index (κ1) is 15.7. The molecule has 0 amide bonds. The van der Waals surface area contributed by atoms with E-state index in [1.54, 1.807) is 6.92 Å². The zero-order chi connectivity index (χ0) is 15.4. The number of esters is 1. The SMILES string of the molecule is CCOC(=O)c1nc(Nc2cccc(Br)c2)sc1C(C)=O. The largest absolute Gasteiger partial charge is 0.461 e. The monoisotopic (exact) mass is 368 g/mol. The number of carbonyl (C=O) groups is 2. The maximum absolute atomic E-state index is 11.8. The van der Waals surface area contributed by atoms with Crippen molar-refractivity contribution in [2.75, 3.05) is 11.9 Å². The van der Waals surface area contributed by atoms with E-state index in [-0.39, 0.29) is 18.1 Å². The number of hydrogen-bond acceptors (Lipinski definition) is 6. The summed E-state index contributed by atoms with van der Waals surface area (Å²) < 4.78 is 5.84. The summed E-state index contributed by atoms with van der Waals surface area (Å²) >= 11 is 4.51. The second-order valence-electron chi connectivity index (χ2n) is 4.11. The van der Waals surface area contributed by atoms with Gasteiger partial charge in [-0.2, -0.15) is 0 Å². The minimum absolute atomic E-state index is 0.0619. The fourth-order valence-electron chi connectivity index (χ4n) is 1.64. The molecule has 0 spiro atoms. The fourth-order valence-corrected chi connectivity index (χ4v) is 2.91. The molecule has 21 heavy (non-hydrogen) atoms. The van der Waals surface area contributed by atoms with E-state index in [1.807, 2.05) is 24.3 Å². The number of halogens is 1. The number of aromatic nitrogens is 1. The van der Waals surface area contributed by atoms with Crippen LogP contribution in [0.2, 0.25) is 0 Å². The Morgan fingerprint density at radius 1 is 1.43 bits per heavy atom. The quantitative estimate of drug-likeness (QED) is 0.637. The minimum Gasteiger partial charge on any atom is -0.461 e. The molecule has 0 aliphatic rings. The Morgan fingerprint density at radius 2 is 2.19 bits per heavy atom. The van der Waals surface area contributed by atoms with Gasteiger partial charge in [-0.15, -0.1) is 0 Å². The Kier molecular flexibility index (Phi) is 5.08. The van der Waals surface area contributed by atoms with Crippen LogP contribution in [0.5, 0.6) is 0 Å². The number of rotatable bonds is 5. The fraction of sp³-hybridized carbons (Fsp3) is 0.214. The summed E-state index contributed by atoms with van der Waals surface area (Å²) in [5.41, 5.74) is 0.871. The summed E-state index contributed by atoms with van der Waals surface area (Å²) in [5.74, 6) is -0.793. The van der Waals surface area contributed by atoms with Crippen molar-refractivity contribution in [3.05, 3.63) is 39.3 Å². The Labute approximate surface area is 134 Å². The molecule has 0 fully saturated rings. The number of thiazole rings is 1. The molecule has 0 unspecified atom stereocenters. The Hall–Kier alpha value is -1.73. The first-order chi connectivity index (χ1) is 10.0. The molecule has 0 atom stereocenters. The molecular weight excluding hydrogens is 356 g/mol. The highest BCUT2D eigenvalue weighted by Crippen LogP contribution is 2.28. The number of anilines is 2. The molecule has 2 rings (SSSR count). The van der Waals surface area contributed by atoms with Gasteiger partial charge in [0, 0.05) is 17.1 Å². The average molecular weight is 369 g/mol. The van der Waals surface area contributed by atoms with Gasteiger partial charge in [0.1, 0.15) is 4.88 Å². The number of ether oxygens (including phenoxy) is 1. The lowest BCUT2D eigenvalue weighted by Gasteiger charge is -2.02. The highest BCUT2D eigenvalue weighted by Gasteiger charge is 2.22. The number of Topliss-reactive ketones (excluding diaryl/α,β-unsaturated/α-hetero) is 1. The summed E-state index contributed by atoms with van der Waals surface area (Å²) in [7, 11) is 0. The van der Waals surface area contributed by atoms with E-state index in [4.69, 9.17) is 4.74 Å². The van der Waals surface area contributed by atoms with Gasteiger partial charge in [0.2, 0.25) is 0 Å². The Bertz CT molecular complexity index is 685. The van der Waals surface area contributed by atoms with Crippen molar-refractivity contribution in [2.24, 2.45) is 0 Å². The number of ketones is 1. The Morgan fingerprint density at radius 3 is 2.81 bits per heavy atom. The molecule has 0 saturated heterocycles. The van der Waals surface area contributed by atoms with E-state index in [1.165, 1.54) is 6.92 Å². The van der Waals surface area contributed by atoms with Crippen LogP contribution in [0.15, 0.2) is 28.7 Å². The van der Waals surface area contributed by atoms with Gasteiger partial charge in [0.15, 0.2) is 16.6 Å². The van der Waals surface area contributed by atoms with Gasteiger partial charge in [-0.1, -0.05) is 33.3 Å². The summed E-state index contributed by atoms with van der Waals surface area (Å²) in [6.45, 7) is 3.35. The molecule has 0 aliphatic heterocycles. The van der Waals surface area contributed by atoms with Crippen LogP contribution in [0.4, 0.5) is 10.8 Å². The van der Waals surface area contributed by atoms with Crippen molar-refractivity contribution in [3.8, 4) is 0 Å². The lowest BCUT2D eigenvalue weighted by atomic mass is 10.3. The average Bonchev–Trinajstić information content (AvgIpc) is 2.83. The normalized spacial score (nSPS) is 10.2. The van der Waals surface area contributed by atoms with Gasteiger partial charge in [0.05, 0.1) is 6.61 Å². The van der Waals surface area contributed by atoms with Crippen molar-refractivity contribution in [1.82, 2.24) is 4.98 Å². The van der Waals surface area contributed by atoms with Crippen molar-refractivity contribution >= 4 is 49.8 Å². The molecule has 2 aromatic rings. The molecule has 110 valence electrons. The Balaban J connectivity index is 2.31. The zero-order valence-electron chi connectivity index (χ0n) is 11.5. The van der Waals surface area contributed by atoms with Crippen LogP contribution in [-0.2, 0) is 4.74 Å². The maximum Gasteiger partial charge on any atom is 0.358 e. The highest BCUT2D eigenvalue weighted by molar-refractivity contribution is 9.10. The molecule has 0 bridgehead atoms. The minimum atomic E-state index is -0.582. The van der Waals surface area contributed by atoms with Gasteiger partial charge in [-0.05, 0) is 25.1 Å². The van der Waals surface area contributed by atoms with Crippen LogP contribution < -0.4 is 5.32 Å². The predicted molar refractivity (Wildman–Crippen MR) is 85.5 cm³/mol. The van der Waals surface area contributed by atoms with Gasteiger partial charge in [-0.3, -0.25) is 4.79 Å². The number of carbonyl (C=O) groups excluding carboxylic acids is 2. The van der Waals surface area contributed by atoms with Crippen molar-refractivity contribution in [1.29, 1.82) is 0 Å². The smallest absolute Gasteiger partial charge is 0.358 e. The van der Waals surface area contributed by atoms with Crippen LogP contribution in [0.25, 0.3) is 0 Å². The lowest BCUT2D eigenvalue weighted by molar-refractivity contribution is 0.0517. The van der Waals surface area contributed by atoms with E-state index < -0.39 is 5.97 Å². The summed E-state index contributed by atoms with van der Waals surface area (Å²) in [4.78, 5) is 27.9. The summed E-state index contributed by atoms with van der Waals surface area (Å²) in [6.07, 6.45) is 0. The highest BCUT2D eigenvalue weighted by atomic mass is 79.9. The third kappa shape index (κ3) is 3.89. The van der Waals surface area contributed by atoms with Crippen LogP contribution in [0.3, 0.4) is 0 Å². The van der Waals surface area contributed by atoms with Crippen molar-refractivity contribution < 1.29 is 14.3 Å². The van der Waals surface area contributed by atoms with Gasteiger partial charge in [0.25, 0.3) is 0 Å².